The third-order valence-electron chi connectivity index (χ3n) is 3.20. The van der Waals surface area contributed by atoms with Gasteiger partial charge in [0.15, 0.2) is 11.5 Å². The first-order valence-electron chi connectivity index (χ1n) is 6.32. The van der Waals surface area contributed by atoms with E-state index in [1.165, 1.54) is 32.4 Å². The third kappa shape index (κ3) is 2.58. The molecule has 0 amide bonds. The molecule has 22 heavy (non-hydrogen) atoms. The number of aromatic carboxylic acids is 2. The van der Waals surface area contributed by atoms with Gasteiger partial charge in [-0.2, -0.15) is 0 Å². The second kappa shape index (κ2) is 6.17. The molecule has 2 rings (SSSR count). The topological polar surface area (TPSA) is 93.1 Å². The minimum Gasteiger partial charge on any atom is -0.493 e. The molecule has 0 aliphatic heterocycles. The molecule has 0 atom stereocenters. The van der Waals surface area contributed by atoms with Crippen LogP contribution >= 0.6 is 0 Å². The molecule has 6 heteroatoms. The predicted octanol–water partition coefficient (Wildman–Crippen LogP) is 2.77. The monoisotopic (exact) mass is 302 g/mol. The number of ether oxygens (including phenoxy) is 2. The molecular formula is C16H14O6. The molecule has 0 heterocycles. The van der Waals surface area contributed by atoms with Crippen LogP contribution in [-0.4, -0.2) is 36.4 Å². The van der Waals surface area contributed by atoms with Gasteiger partial charge < -0.3 is 19.7 Å². The first-order valence-corrected chi connectivity index (χ1v) is 6.32. The van der Waals surface area contributed by atoms with Crippen molar-refractivity contribution in [3.63, 3.8) is 0 Å². The van der Waals surface area contributed by atoms with Crippen LogP contribution in [0.2, 0.25) is 0 Å². The Labute approximate surface area is 126 Å². The summed E-state index contributed by atoms with van der Waals surface area (Å²) in [6.07, 6.45) is 0. The summed E-state index contributed by atoms with van der Waals surface area (Å²) in [5.41, 5.74) is 0.127. The average Bonchev–Trinajstić information content (AvgIpc) is 2.52. The zero-order valence-electron chi connectivity index (χ0n) is 12.0. The van der Waals surface area contributed by atoms with Gasteiger partial charge in [-0.3, -0.25) is 0 Å². The molecule has 0 saturated carbocycles. The zero-order valence-corrected chi connectivity index (χ0v) is 12.0. The Morgan fingerprint density at radius 2 is 1.50 bits per heavy atom. The SMILES string of the molecule is COc1cccc(-c2cccc(C(=O)O)c2C(=O)O)c1OC. The minimum absolute atomic E-state index is 0.253. The lowest BCUT2D eigenvalue weighted by molar-refractivity contribution is 0.0652. The number of carbonyl (C=O) groups is 2. The van der Waals surface area contributed by atoms with Crippen LogP contribution in [0.1, 0.15) is 20.7 Å². The highest BCUT2D eigenvalue weighted by Crippen LogP contribution is 2.39. The molecule has 2 aromatic carbocycles. The fourth-order valence-corrected chi connectivity index (χ4v) is 2.28. The van der Waals surface area contributed by atoms with Gasteiger partial charge >= 0.3 is 11.9 Å². The van der Waals surface area contributed by atoms with Crippen LogP contribution in [0.5, 0.6) is 11.5 Å². The number of hydrogen-bond acceptors (Lipinski definition) is 4. The molecule has 0 unspecified atom stereocenters. The second-order valence-electron chi connectivity index (χ2n) is 4.38. The predicted molar refractivity (Wildman–Crippen MR) is 78.9 cm³/mol. The maximum atomic E-state index is 11.5. The summed E-state index contributed by atoms with van der Waals surface area (Å²) in [5, 5.41) is 18.6. The Bertz CT molecular complexity index is 735. The van der Waals surface area contributed by atoms with Crippen molar-refractivity contribution in [1.29, 1.82) is 0 Å². The fraction of sp³-hybridized carbons (Fsp3) is 0.125. The maximum absolute atomic E-state index is 11.5. The van der Waals surface area contributed by atoms with Crippen LogP contribution in [0.3, 0.4) is 0 Å². The van der Waals surface area contributed by atoms with Crippen LogP contribution in [-0.2, 0) is 0 Å². The van der Waals surface area contributed by atoms with Gasteiger partial charge in [0, 0.05) is 11.1 Å². The van der Waals surface area contributed by atoms with Crippen molar-refractivity contribution in [2.24, 2.45) is 0 Å². The average molecular weight is 302 g/mol. The summed E-state index contributed by atoms with van der Waals surface area (Å²) in [7, 11) is 2.90. The van der Waals surface area contributed by atoms with E-state index in [-0.39, 0.29) is 16.7 Å². The van der Waals surface area contributed by atoms with Gasteiger partial charge in [-0.05, 0) is 12.1 Å². The first-order chi connectivity index (χ1) is 10.5. The first kappa shape index (κ1) is 15.4. The molecule has 0 aliphatic carbocycles. The number of benzene rings is 2. The van der Waals surface area contributed by atoms with Crippen molar-refractivity contribution in [3.8, 4) is 22.6 Å². The Hall–Kier alpha value is -3.02. The summed E-state index contributed by atoms with van der Waals surface area (Å²) in [6, 6.07) is 9.27. The molecule has 0 spiro atoms. The van der Waals surface area contributed by atoms with E-state index in [1.807, 2.05) is 0 Å². The molecule has 0 bridgehead atoms. The van der Waals surface area contributed by atoms with Crippen molar-refractivity contribution in [3.05, 3.63) is 47.5 Å². The molecule has 2 N–H and O–H groups in total. The number of methoxy groups -OCH3 is 2. The summed E-state index contributed by atoms with van der Waals surface area (Å²) in [4.78, 5) is 22.8. The maximum Gasteiger partial charge on any atom is 0.337 e. The molecular weight excluding hydrogens is 288 g/mol. The third-order valence-corrected chi connectivity index (χ3v) is 3.20. The standard InChI is InChI=1S/C16H14O6/c1-21-12-8-4-6-10(14(12)22-2)9-5-3-7-11(15(17)18)13(9)16(19)20/h3-8H,1-2H3,(H,17,18)(H,19,20). The van der Waals surface area contributed by atoms with Crippen LogP contribution in [0.15, 0.2) is 36.4 Å². The minimum atomic E-state index is -1.32. The van der Waals surface area contributed by atoms with Gasteiger partial charge in [-0.15, -0.1) is 0 Å². The van der Waals surface area contributed by atoms with Gasteiger partial charge in [0.25, 0.3) is 0 Å². The molecule has 0 fully saturated rings. The van der Waals surface area contributed by atoms with E-state index < -0.39 is 11.9 Å². The van der Waals surface area contributed by atoms with Crippen molar-refractivity contribution >= 4 is 11.9 Å². The molecule has 6 nitrogen and oxygen atoms in total. The van der Waals surface area contributed by atoms with E-state index in [2.05, 4.69) is 0 Å². The molecule has 0 aliphatic rings. The van der Waals surface area contributed by atoms with E-state index in [4.69, 9.17) is 9.47 Å². The lowest BCUT2D eigenvalue weighted by Crippen LogP contribution is -2.10. The fourth-order valence-electron chi connectivity index (χ4n) is 2.28. The van der Waals surface area contributed by atoms with E-state index in [1.54, 1.807) is 18.2 Å². The lowest BCUT2D eigenvalue weighted by atomic mass is 9.94. The van der Waals surface area contributed by atoms with E-state index >= 15 is 0 Å². The normalized spacial score (nSPS) is 10.1. The zero-order chi connectivity index (χ0) is 16.3. The van der Waals surface area contributed by atoms with Crippen LogP contribution in [0, 0.1) is 0 Å². The van der Waals surface area contributed by atoms with Crippen LogP contribution in [0.4, 0.5) is 0 Å². The second-order valence-corrected chi connectivity index (χ2v) is 4.38. The summed E-state index contributed by atoms with van der Waals surface area (Å²) >= 11 is 0. The molecule has 0 radical (unpaired) electrons. The number of carboxylic acid groups (broad SMARTS) is 2. The van der Waals surface area contributed by atoms with E-state index in [0.717, 1.165) is 0 Å². The lowest BCUT2D eigenvalue weighted by Gasteiger charge is -2.15. The van der Waals surface area contributed by atoms with Gasteiger partial charge in [-0.1, -0.05) is 24.3 Å². The van der Waals surface area contributed by atoms with Crippen molar-refractivity contribution in [2.45, 2.75) is 0 Å². The highest BCUT2D eigenvalue weighted by atomic mass is 16.5. The summed E-state index contributed by atoms with van der Waals surface area (Å²) < 4.78 is 10.5. The molecule has 2 aromatic rings. The van der Waals surface area contributed by atoms with Crippen LogP contribution in [0.25, 0.3) is 11.1 Å². The molecule has 0 saturated heterocycles. The highest BCUT2D eigenvalue weighted by Gasteiger charge is 2.23. The van der Waals surface area contributed by atoms with E-state index in [9.17, 15) is 19.8 Å². The number of hydrogen-bond donors (Lipinski definition) is 2. The quantitative estimate of drug-likeness (QED) is 0.882. The molecule has 114 valence electrons. The largest absolute Gasteiger partial charge is 0.493 e. The Morgan fingerprint density at radius 1 is 0.864 bits per heavy atom. The smallest absolute Gasteiger partial charge is 0.337 e. The Kier molecular flexibility index (Phi) is 4.31. The highest BCUT2D eigenvalue weighted by molar-refractivity contribution is 6.07. The number of carboxylic acids is 2. The van der Waals surface area contributed by atoms with Gasteiger partial charge in [0.2, 0.25) is 0 Å². The van der Waals surface area contributed by atoms with Gasteiger partial charge in [0.1, 0.15) is 0 Å². The number of rotatable bonds is 5. The van der Waals surface area contributed by atoms with Crippen LogP contribution < -0.4 is 9.47 Å². The van der Waals surface area contributed by atoms with Gasteiger partial charge in [0.05, 0.1) is 25.3 Å². The Balaban J connectivity index is 2.81. The Morgan fingerprint density at radius 3 is 2.05 bits per heavy atom. The van der Waals surface area contributed by atoms with Crippen molar-refractivity contribution < 1.29 is 29.3 Å². The van der Waals surface area contributed by atoms with Crippen molar-refractivity contribution in [2.75, 3.05) is 14.2 Å². The summed E-state index contributed by atoms with van der Waals surface area (Å²) in [5.74, 6) is -1.86. The van der Waals surface area contributed by atoms with Gasteiger partial charge in [-0.25, -0.2) is 9.59 Å². The van der Waals surface area contributed by atoms with E-state index in [0.29, 0.717) is 17.1 Å². The number of para-hydroxylation sites is 1. The summed E-state index contributed by atoms with van der Waals surface area (Å²) in [6.45, 7) is 0. The molecule has 0 aromatic heterocycles. The van der Waals surface area contributed by atoms with Crippen molar-refractivity contribution in [1.82, 2.24) is 0 Å².